The maximum absolute atomic E-state index is 11.7. The van der Waals surface area contributed by atoms with Crippen LogP contribution in [0.4, 0.5) is 5.69 Å². The van der Waals surface area contributed by atoms with Gasteiger partial charge in [-0.1, -0.05) is 36.5 Å². The SMILES string of the molecule is CCOC(=O)C(C)Nc1ccc(C(N)=S)c2ccccc12. The lowest BCUT2D eigenvalue weighted by atomic mass is 10.0. The van der Waals surface area contributed by atoms with Crippen molar-refractivity contribution >= 4 is 39.6 Å². The van der Waals surface area contributed by atoms with Crippen molar-refractivity contribution in [1.82, 2.24) is 0 Å². The van der Waals surface area contributed by atoms with Crippen molar-refractivity contribution in [2.45, 2.75) is 19.9 Å². The normalized spacial score (nSPS) is 11.9. The monoisotopic (exact) mass is 302 g/mol. The van der Waals surface area contributed by atoms with E-state index in [2.05, 4.69) is 5.32 Å². The van der Waals surface area contributed by atoms with E-state index >= 15 is 0 Å². The summed E-state index contributed by atoms with van der Waals surface area (Å²) in [6.07, 6.45) is 0. The van der Waals surface area contributed by atoms with Crippen LogP contribution in [0.15, 0.2) is 36.4 Å². The molecule has 0 spiro atoms. The van der Waals surface area contributed by atoms with Crippen LogP contribution in [0, 0.1) is 0 Å². The summed E-state index contributed by atoms with van der Waals surface area (Å²) in [5.74, 6) is -0.278. The molecule has 5 heteroatoms. The largest absolute Gasteiger partial charge is 0.464 e. The van der Waals surface area contributed by atoms with Gasteiger partial charge >= 0.3 is 5.97 Å². The Kier molecular flexibility index (Phi) is 4.75. The van der Waals surface area contributed by atoms with Crippen LogP contribution in [0.2, 0.25) is 0 Å². The lowest BCUT2D eigenvalue weighted by molar-refractivity contribution is -0.143. The van der Waals surface area contributed by atoms with Gasteiger partial charge in [-0.15, -0.1) is 0 Å². The summed E-state index contributed by atoms with van der Waals surface area (Å²) in [6.45, 7) is 3.93. The van der Waals surface area contributed by atoms with Gasteiger partial charge in [0.1, 0.15) is 11.0 Å². The first-order chi connectivity index (χ1) is 10.0. The van der Waals surface area contributed by atoms with Crippen molar-refractivity contribution in [3.63, 3.8) is 0 Å². The van der Waals surface area contributed by atoms with E-state index in [9.17, 15) is 4.79 Å². The van der Waals surface area contributed by atoms with Crippen molar-refractivity contribution in [1.29, 1.82) is 0 Å². The van der Waals surface area contributed by atoms with E-state index in [0.717, 1.165) is 22.0 Å². The van der Waals surface area contributed by atoms with Crippen LogP contribution < -0.4 is 11.1 Å². The molecule has 0 heterocycles. The molecule has 0 bridgehead atoms. The van der Waals surface area contributed by atoms with Gasteiger partial charge in [0.15, 0.2) is 0 Å². The molecule has 0 aliphatic rings. The Labute approximate surface area is 129 Å². The van der Waals surface area contributed by atoms with Crippen molar-refractivity contribution in [3.05, 3.63) is 42.0 Å². The van der Waals surface area contributed by atoms with Crippen LogP contribution in [-0.2, 0) is 9.53 Å². The maximum atomic E-state index is 11.7. The lowest BCUT2D eigenvalue weighted by Crippen LogP contribution is -2.28. The van der Waals surface area contributed by atoms with Gasteiger partial charge in [0.2, 0.25) is 0 Å². The van der Waals surface area contributed by atoms with E-state index in [-0.39, 0.29) is 5.97 Å². The third-order valence-corrected chi connectivity index (χ3v) is 3.42. The number of ether oxygens (including phenoxy) is 1. The highest BCUT2D eigenvalue weighted by Crippen LogP contribution is 2.27. The maximum Gasteiger partial charge on any atom is 0.328 e. The van der Waals surface area contributed by atoms with E-state index in [1.54, 1.807) is 13.8 Å². The molecular formula is C16H18N2O2S. The van der Waals surface area contributed by atoms with Gasteiger partial charge in [0.25, 0.3) is 0 Å². The van der Waals surface area contributed by atoms with Crippen molar-refractivity contribution in [3.8, 4) is 0 Å². The fourth-order valence-electron chi connectivity index (χ4n) is 2.20. The molecule has 0 aliphatic heterocycles. The Bertz CT molecular complexity index is 685. The lowest BCUT2D eigenvalue weighted by Gasteiger charge is -2.17. The minimum Gasteiger partial charge on any atom is -0.464 e. The van der Waals surface area contributed by atoms with E-state index < -0.39 is 6.04 Å². The molecule has 110 valence electrons. The van der Waals surface area contributed by atoms with Crippen LogP contribution in [0.3, 0.4) is 0 Å². The minimum absolute atomic E-state index is 0.278. The predicted molar refractivity (Wildman–Crippen MR) is 89.6 cm³/mol. The summed E-state index contributed by atoms with van der Waals surface area (Å²) in [7, 11) is 0. The fourth-order valence-corrected chi connectivity index (χ4v) is 2.38. The molecule has 4 nitrogen and oxygen atoms in total. The molecule has 3 N–H and O–H groups in total. The number of carbonyl (C=O) groups is 1. The number of thiocarbonyl (C=S) groups is 1. The van der Waals surface area contributed by atoms with Crippen LogP contribution in [0.25, 0.3) is 10.8 Å². The number of rotatable bonds is 5. The zero-order valence-corrected chi connectivity index (χ0v) is 12.9. The Balaban J connectivity index is 2.40. The zero-order valence-electron chi connectivity index (χ0n) is 12.1. The van der Waals surface area contributed by atoms with E-state index in [4.69, 9.17) is 22.7 Å². The number of nitrogens with one attached hydrogen (secondary N) is 1. The number of carbonyl (C=O) groups excluding carboxylic acids is 1. The Morgan fingerprint density at radius 1 is 1.29 bits per heavy atom. The Morgan fingerprint density at radius 3 is 2.57 bits per heavy atom. The summed E-state index contributed by atoms with van der Waals surface area (Å²) < 4.78 is 5.01. The predicted octanol–water partition coefficient (Wildman–Crippen LogP) is 2.84. The van der Waals surface area contributed by atoms with Gasteiger partial charge in [-0.05, 0) is 31.4 Å². The summed E-state index contributed by atoms with van der Waals surface area (Å²) in [4.78, 5) is 12.1. The molecule has 0 amide bonds. The standard InChI is InChI=1S/C16H18N2O2S/c1-3-20-16(19)10(2)18-14-9-8-13(15(17)21)11-6-4-5-7-12(11)14/h4-10,18H,3H2,1-2H3,(H2,17,21). The highest BCUT2D eigenvalue weighted by molar-refractivity contribution is 7.80. The number of hydrogen-bond acceptors (Lipinski definition) is 4. The third-order valence-electron chi connectivity index (χ3n) is 3.20. The molecule has 0 radical (unpaired) electrons. The van der Waals surface area contributed by atoms with Crippen molar-refractivity contribution < 1.29 is 9.53 Å². The summed E-state index contributed by atoms with van der Waals surface area (Å²) in [6, 6.07) is 11.1. The van der Waals surface area contributed by atoms with Crippen LogP contribution in [0.1, 0.15) is 19.4 Å². The van der Waals surface area contributed by atoms with Gasteiger partial charge in [0.05, 0.1) is 6.61 Å². The zero-order chi connectivity index (χ0) is 15.4. The van der Waals surface area contributed by atoms with Crippen LogP contribution in [-0.4, -0.2) is 23.6 Å². The fraction of sp³-hybridized carbons (Fsp3) is 0.250. The summed E-state index contributed by atoms with van der Waals surface area (Å²) >= 11 is 5.08. The number of fused-ring (bicyclic) bond motifs is 1. The molecule has 0 saturated carbocycles. The van der Waals surface area contributed by atoms with E-state index in [1.807, 2.05) is 36.4 Å². The molecule has 0 aromatic heterocycles. The first-order valence-electron chi connectivity index (χ1n) is 6.79. The molecule has 0 saturated heterocycles. The average molecular weight is 302 g/mol. The van der Waals surface area contributed by atoms with Gasteiger partial charge in [-0.25, -0.2) is 4.79 Å². The second-order valence-corrected chi connectivity index (χ2v) is 5.13. The van der Waals surface area contributed by atoms with Gasteiger partial charge in [0, 0.05) is 16.6 Å². The molecule has 21 heavy (non-hydrogen) atoms. The summed E-state index contributed by atoms with van der Waals surface area (Å²) in [5.41, 5.74) is 7.44. The highest BCUT2D eigenvalue weighted by atomic mass is 32.1. The number of hydrogen-bond donors (Lipinski definition) is 2. The molecule has 2 aromatic rings. The van der Waals surface area contributed by atoms with Crippen molar-refractivity contribution in [2.24, 2.45) is 5.73 Å². The van der Waals surface area contributed by atoms with Crippen LogP contribution in [0.5, 0.6) is 0 Å². The quantitative estimate of drug-likeness (QED) is 0.657. The van der Waals surface area contributed by atoms with Crippen molar-refractivity contribution in [2.75, 3.05) is 11.9 Å². The molecule has 0 aliphatic carbocycles. The third kappa shape index (κ3) is 3.31. The van der Waals surface area contributed by atoms with Crippen LogP contribution >= 0.6 is 12.2 Å². The van der Waals surface area contributed by atoms with Gasteiger partial charge < -0.3 is 15.8 Å². The number of nitrogens with two attached hydrogens (primary N) is 1. The molecule has 2 aromatic carbocycles. The van der Waals surface area contributed by atoms with Gasteiger partial charge in [-0.2, -0.15) is 0 Å². The first kappa shape index (κ1) is 15.3. The number of benzene rings is 2. The molecule has 1 unspecified atom stereocenters. The second-order valence-electron chi connectivity index (χ2n) is 4.69. The van der Waals surface area contributed by atoms with Gasteiger partial charge in [-0.3, -0.25) is 0 Å². The second kappa shape index (κ2) is 6.54. The van der Waals surface area contributed by atoms with E-state index in [0.29, 0.717) is 11.6 Å². The Morgan fingerprint density at radius 2 is 1.95 bits per heavy atom. The molecule has 2 rings (SSSR count). The average Bonchev–Trinajstić information content (AvgIpc) is 2.47. The number of esters is 1. The molecule has 1 atom stereocenters. The molecular weight excluding hydrogens is 284 g/mol. The topological polar surface area (TPSA) is 64.3 Å². The minimum atomic E-state index is -0.427. The number of anilines is 1. The Hall–Kier alpha value is -2.14. The first-order valence-corrected chi connectivity index (χ1v) is 7.20. The highest BCUT2D eigenvalue weighted by Gasteiger charge is 2.15. The smallest absolute Gasteiger partial charge is 0.328 e. The molecule has 0 fully saturated rings. The summed E-state index contributed by atoms with van der Waals surface area (Å²) in [5, 5.41) is 5.11. The van der Waals surface area contributed by atoms with E-state index in [1.165, 1.54) is 0 Å².